The molecule has 0 amide bonds. The van der Waals surface area contributed by atoms with E-state index in [4.69, 9.17) is 9.47 Å². The minimum Gasteiger partial charge on any atom is -0.454 e. The summed E-state index contributed by atoms with van der Waals surface area (Å²) in [5.41, 5.74) is 0.131. The molecule has 0 N–H and O–H groups in total. The van der Waals surface area contributed by atoms with Crippen LogP contribution in [-0.2, 0) is 0 Å². The van der Waals surface area contributed by atoms with Gasteiger partial charge in [-0.3, -0.25) is 4.79 Å². The number of benzene rings is 1. The lowest BCUT2D eigenvalue weighted by Gasteiger charge is -2.18. The predicted octanol–water partition coefficient (Wildman–Crippen LogP) is 3.41. The van der Waals surface area contributed by atoms with Crippen molar-refractivity contribution in [1.29, 1.82) is 0 Å². The van der Waals surface area contributed by atoms with Gasteiger partial charge in [0, 0.05) is 9.89 Å². The van der Waals surface area contributed by atoms with E-state index in [0.29, 0.717) is 17.1 Å². The number of carbonyl (C=O) groups excluding carboxylic acids is 1. The molecule has 1 heterocycles. The van der Waals surface area contributed by atoms with Crippen LogP contribution in [0.15, 0.2) is 16.6 Å². The Morgan fingerprint density at radius 3 is 2.62 bits per heavy atom. The summed E-state index contributed by atoms with van der Waals surface area (Å²) >= 11 is 3.39. The second kappa shape index (κ2) is 3.77. The van der Waals surface area contributed by atoms with Crippen molar-refractivity contribution in [3.8, 4) is 11.5 Å². The van der Waals surface area contributed by atoms with E-state index in [0.717, 1.165) is 4.47 Å². The minimum absolute atomic E-state index is 0.0433. The number of halogens is 1. The van der Waals surface area contributed by atoms with Crippen LogP contribution in [-0.4, -0.2) is 12.6 Å². The van der Waals surface area contributed by atoms with Crippen LogP contribution in [0.1, 0.15) is 31.1 Å². The highest BCUT2D eigenvalue weighted by Crippen LogP contribution is 2.42. The molecule has 0 unspecified atom stereocenters. The van der Waals surface area contributed by atoms with Crippen LogP contribution in [0.4, 0.5) is 0 Å². The van der Waals surface area contributed by atoms with Gasteiger partial charge in [0.05, 0.1) is 5.56 Å². The lowest BCUT2D eigenvalue weighted by molar-refractivity contribution is 0.0852. The summed E-state index contributed by atoms with van der Waals surface area (Å²) in [7, 11) is 0. The first-order valence-electron chi connectivity index (χ1n) is 5.04. The van der Waals surface area contributed by atoms with Crippen LogP contribution in [0.2, 0.25) is 0 Å². The van der Waals surface area contributed by atoms with E-state index < -0.39 is 5.41 Å². The summed E-state index contributed by atoms with van der Waals surface area (Å²) < 4.78 is 11.4. The number of ether oxygens (including phenoxy) is 2. The number of hydrogen-bond donors (Lipinski definition) is 0. The molecule has 0 saturated heterocycles. The van der Waals surface area contributed by atoms with Crippen LogP contribution >= 0.6 is 15.9 Å². The van der Waals surface area contributed by atoms with E-state index in [-0.39, 0.29) is 12.6 Å². The molecule has 0 fully saturated rings. The lowest BCUT2D eigenvalue weighted by atomic mass is 9.86. The Hall–Kier alpha value is -1.03. The third kappa shape index (κ3) is 1.82. The Bertz CT molecular complexity index is 446. The molecule has 0 aliphatic carbocycles. The summed E-state index contributed by atoms with van der Waals surface area (Å²) in [6.07, 6.45) is 0. The molecule has 0 spiro atoms. The average Bonchev–Trinajstić information content (AvgIpc) is 2.63. The first-order chi connectivity index (χ1) is 7.41. The third-order valence-corrected chi connectivity index (χ3v) is 3.06. The van der Waals surface area contributed by atoms with Gasteiger partial charge in [-0.1, -0.05) is 20.8 Å². The molecule has 0 atom stereocenters. The van der Waals surface area contributed by atoms with E-state index in [9.17, 15) is 4.79 Å². The minimum atomic E-state index is -0.441. The molecular weight excluding hydrogens is 272 g/mol. The van der Waals surface area contributed by atoms with E-state index in [1.807, 2.05) is 26.8 Å². The van der Waals surface area contributed by atoms with Crippen molar-refractivity contribution in [2.24, 2.45) is 5.41 Å². The third-order valence-electron chi connectivity index (χ3n) is 2.40. The Morgan fingerprint density at radius 1 is 1.31 bits per heavy atom. The molecule has 0 saturated carbocycles. The maximum absolute atomic E-state index is 12.3. The van der Waals surface area contributed by atoms with Gasteiger partial charge in [0.2, 0.25) is 6.79 Å². The molecule has 1 aromatic rings. The number of ketones is 1. The van der Waals surface area contributed by atoms with Gasteiger partial charge in [0.25, 0.3) is 0 Å². The first kappa shape index (κ1) is 11.5. The van der Waals surface area contributed by atoms with Crippen molar-refractivity contribution >= 4 is 21.7 Å². The van der Waals surface area contributed by atoms with E-state index in [1.54, 1.807) is 6.07 Å². The fraction of sp³-hybridized carbons (Fsp3) is 0.417. The first-order valence-corrected chi connectivity index (χ1v) is 5.83. The lowest BCUT2D eigenvalue weighted by Crippen LogP contribution is -2.21. The molecular formula is C12H13BrO3. The average molecular weight is 285 g/mol. The Kier molecular flexibility index (Phi) is 2.70. The van der Waals surface area contributed by atoms with Crippen LogP contribution < -0.4 is 9.47 Å². The zero-order valence-corrected chi connectivity index (χ0v) is 11.1. The number of fused-ring (bicyclic) bond motifs is 1. The maximum Gasteiger partial charge on any atom is 0.231 e. The fourth-order valence-corrected chi connectivity index (χ4v) is 2.03. The largest absolute Gasteiger partial charge is 0.454 e. The molecule has 16 heavy (non-hydrogen) atoms. The van der Waals surface area contributed by atoms with Crippen molar-refractivity contribution in [2.45, 2.75) is 20.8 Å². The normalized spacial score (nSPS) is 14.0. The van der Waals surface area contributed by atoms with Crippen LogP contribution in [0.5, 0.6) is 11.5 Å². The van der Waals surface area contributed by atoms with Gasteiger partial charge in [0.15, 0.2) is 17.3 Å². The number of Topliss-reactive ketones (excluding diaryl/α,β-unsaturated/α-hetero) is 1. The highest BCUT2D eigenvalue weighted by atomic mass is 79.9. The van der Waals surface area contributed by atoms with Gasteiger partial charge in [0.1, 0.15) is 0 Å². The number of hydrogen-bond acceptors (Lipinski definition) is 3. The summed E-state index contributed by atoms with van der Waals surface area (Å²) in [4.78, 5) is 12.3. The molecule has 2 rings (SSSR count). The van der Waals surface area contributed by atoms with Crippen LogP contribution in [0, 0.1) is 5.41 Å². The summed E-state index contributed by atoms with van der Waals surface area (Å²) in [6.45, 7) is 5.83. The molecule has 0 bridgehead atoms. The topological polar surface area (TPSA) is 35.5 Å². The van der Waals surface area contributed by atoms with Gasteiger partial charge >= 0.3 is 0 Å². The van der Waals surface area contributed by atoms with Crippen LogP contribution in [0.3, 0.4) is 0 Å². The second-order valence-electron chi connectivity index (χ2n) is 4.74. The quantitative estimate of drug-likeness (QED) is 0.742. The van der Waals surface area contributed by atoms with Gasteiger partial charge in [-0.05, 0) is 28.1 Å². The SMILES string of the molecule is CC(C)(C)C(=O)c1c(Br)ccc2c1OCO2. The fourth-order valence-electron chi connectivity index (χ4n) is 1.53. The van der Waals surface area contributed by atoms with Crippen molar-refractivity contribution < 1.29 is 14.3 Å². The summed E-state index contributed by atoms with van der Waals surface area (Å²) in [6, 6.07) is 3.61. The molecule has 1 aromatic carbocycles. The Balaban J connectivity index is 2.57. The molecule has 0 aromatic heterocycles. The van der Waals surface area contributed by atoms with Crippen molar-refractivity contribution in [1.82, 2.24) is 0 Å². The van der Waals surface area contributed by atoms with Crippen molar-refractivity contribution in [3.63, 3.8) is 0 Å². The number of rotatable bonds is 1. The van der Waals surface area contributed by atoms with Gasteiger partial charge in [-0.15, -0.1) is 0 Å². The molecule has 1 aliphatic rings. The van der Waals surface area contributed by atoms with E-state index in [2.05, 4.69) is 15.9 Å². The highest BCUT2D eigenvalue weighted by Gasteiger charge is 2.31. The highest BCUT2D eigenvalue weighted by molar-refractivity contribution is 9.10. The standard InChI is InChI=1S/C12H13BrO3/c1-12(2,3)11(14)9-7(13)4-5-8-10(9)16-6-15-8/h4-5H,6H2,1-3H3. The molecule has 1 aliphatic heterocycles. The smallest absolute Gasteiger partial charge is 0.231 e. The second-order valence-corrected chi connectivity index (χ2v) is 5.59. The molecule has 0 radical (unpaired) electrons. The van der Waals surface area contributed by atoms with Crippen LogP contribution in [0.25, 0.3) is 0 Å². The molecule has 86 valence electrons. The number of carbonyl (C=O) groups is 1. The van der Waals surface area contributed by atoms with Gasteiger partial charge in [-0.25, -0.2) is 0 Å². The summed E-state index contributed by atoms with van der Waals surface area (Å²) in [5.74, 6) is 1.23. The Labute approximate surface area is 103 Å². The van der Waals surface area contributed by atoms with Crippen molar-refractivity contribution in [3.05, 3.63) is 22.2 Å². The van der Waals surface area contributed by atoms with E-state index in [1.165, 1.54) is 0 Å². The Morgan fingerprint density at radius 2 is 2.00 bits per heavy atom. The van der Waals surface area contributed by atoms with Crippen molar-refractivity contribution in [2.75, 3.05) is 6.79 Å². The van der Waals surface area contributed by atoms with Gasteiger partial charge in [-0.2, -0.15) is 0 Å². The van der Waals surface area contributed by atoms with Gasteiger partial charge < -0.3 is 9.47 Å². The zero-order chi connectivity index (χ0) is 11.9. The predicted molar refractivity (Wildman–Crippen MR) is 64.1 cm³/mol. The summed E-state index contributed by atoms with van der Waals surface area (Å²) in [5, 5.41) is 0. The van der Waals surface area contributed by atoms with E-state index >= 15 is 0 Å². The molecule has 4 heteroatoms. The maximum atomic E-state index is 12.3. The zero-order valence-electron chi connectivity index (χ0n) is 9.46. The molecule has 3 nitrogen and oxygen atoms in total. The monoisotopic (exact) mass is 284 g/mol.